The Bertz CT molecular complexity index is 476. The van der Waals surface area contributed by atoms with Crippen molar-refractivity contribution < 1.29 is 22.0 Å². The molecule has 0 bridgehead atoms. The predicted molar refractivity (Wildman–Crippen MR) is 125 cm³/mol. The zero-order valence-electron chi connectivity index (χ0n) is 21.7. The number of likely N-dealkylation sites (tertiary alicyclic amines) is 2. The molecule has 2 rings (SSSR count). The average Bonchev–Trinajstić information content (AvgIpc) is 2.64. The van der Waals surface area contributed by atoms with E-state index in [0.717, 1.165) is 32.2 Å². The first kappa shape index (κ1) is 31.6. The highest BCUT2D eigenvalue weighted by Gasteiger charge is 2.40. The van der Waals surface area contributed by atoms with Crippen molar-refractivity contribution in [3.8, 4) is 0 Å². The van der Waals surface area contributed by atoms with E-state index >= 15 is 0 Å². The molecule has 0 amide bonds. The highest BCUT2D eigenvalue weighted by Crippen LogP contribution is 2.38. The van der Waals surface area contributed by atoms with Gasteiger partial charge in [-0.1, -0.05) is 54.4 Å². The lowest BCUT2D eigenvalue weighted by Gasteiger charge is -2.45. The second-order valence-corrected chi connectivity index (χ2v) is 10.6. The first-order valence-corrected chi connectivity index (χ1v) is 12.5. The number of halogens is 5. The SMILES string of the molecule is CC1C(C(C)(C)C)CCCN1CC(F)(F)F.CCC.CCC1CCCN(CC(F)F)C1C. The zero-order valence-corrected chi connectivity index (χ0v) is 21.7. The van der Waals surface area contributed by atoms with Crippen molar-refractivity contribution in [2.75, 3.05) is 26.2 Å². The smallest absolute Gasteiger partial charge is 0.295 e. The number of hydrogen-bond acceptors (Lipinski definition) is 2. The summed E-state index contributed by atoms with van der Waals surface area (Å²) in [5.74, 6) is 0.969. The summed E-state index contributed by atoms with van der Waals surface area (Å²) in [4.78, 5) is 3.52. The van der Waals surface area contributed by atoms with Crippen LogP contribution in [0.5, 0.6) is 0 Å². The molecule has 0 spiro atoms. The number of rotatable bonds is 4. The van der Waals surface area contributed by atoms with Crippen molar-refractivity contribution in [2.45, 2.75) is 119 Å². The highest BCUT2D eigenvalue weighted by molar-refractivity contribution is 4.88. The van der Waals surface area contributed by atoms with Crippen LogP contribution in [-0.4, -0.2) is 60.7 Å². The van der Waals surface area contributed by atoms with Gasteiger partial charge in [-0.3, -0.25) is 9.80 Å². The predicted octanol–water partition coefficient (Wildman–Crippen LogP) is 7.87. The molecular formula is C25H49F5N2. The van der Waals surface area contributed by atoms with Gasteiger partial charge < -0.3 is 0 Å². The topological polar surface area (TPSA) is 6.48 Å². The van der Waals surface area contributed by atoms with E-state index in [2.05, 4.69) is 48.5 Å². The first-order chi connectivity index (χ1) is 14.7. The third-order valence-electron chi connectivity index (χ3n) is 6.79. The first-order valence-electron chi connectivity index (χ1n) is 12.5. The third-order valence-corrected chi connectivity index (χ3v) is 6.79. The van der Waals surface area contributed by atoms with Crippen LogP contribution in [-0.2, 0) is 0 Å². The van der Waals surface area contributed by atoms with Crippen LogP contribution in [0.15, 0.2) is 0 Å². The maximum absolute atomic E-state index is 12.4. The molecule has 0 aromatic heterocycles. The third kappa shape index (κ3) is 12.2. The van der Waals surface area contributed by atoms with E-state index in [4.69, 9.17) is 0 Å². The minimum atomic E-state index is -4.08. The maximum atomic E-state index is 12.4. The maximum Gasteiger partial charge on any atom is 0.401 e. The van der Waals surface area contributed by atoms with Gasteiger partial charge in [-0.05, 0) is 69.9 Å². The average molecular weight is 473 g/mol. The molecule has 7 heteroatoms. The van der Waals surface area contributed by atoms with Crippen molar-refractivity contribution in [3.05, 3.63) is 0 Å². The highest BCUT2D eigenvalue weighted by atomic mass is 19.4. The van der Waals surface area contributed by atoms with Crippen LogP contribution in [0.1, 0.15) is 93.9 Å². The normalized spacial score (nSPS) is 27.9. The van der Waals surface area contributed by atoms with E-state index in [1.807, 2.05) is 11.8 Å². The molecule has 2 aliphatic heterocycles. The fraction of sp³-hybridized carbons (Fsp3) is 1.00. The fourth-order valence-electron chi connectivity index (χ4n) is 5.10. The molecule has 2 fully saturated rings. The largest absolute Gasteiger partial charge is 0.401 e. The quantitative estimate of drug-likeness (QED) is 0.384. The van der Waals surface area contributed by atoms with Gasteiger partial charge in [0, 0.05) is 12.1 Å². The Kier molecular flexibility index (Phi) is 14.6. The summed E-state index contributed by atoms with van der Waals surface area (Å²) in [7, 11) is 0. The van der Waals surface area contributed by atoms with E-state index in [9.17, 15) is 22.0 Å². The van der Waals surface area contributed by atoms with Crippen molar-refractivity contribution in [1.82, 2.24) is 9.80 Å². The summed E-state index contributed by atoms with van der Waals surface area (Å²) in [5.41, 5.74) is 0.0870. The molecule has 2 nitrogen and oxygen atoms in total. The minimum Gasteiger partial charge on any atom is -0.295 e. The van der Waals surface area contributed by atoms with E-state index < -0.39 is 19.1 Å². The Labute approximate surface area is 194 Å². The van der Waals surface area contributed by atoms with Gasteiger partial charge in [0.25, 0.3) is 6.43 Å². The Hall–Kier alpha value is -0.430. The molecular weight excluding hydrogens is 423 g/mol. The van der Waals surface area contributed by atoms with Crippen LogP contribution in [0.4, 0.5) is 22.0 Å². The van der Waals surface area contributed by atoms with Crippen LogP contribution in [0.3, 0.4) is 0 Å². The Morgan fingerprint density at radius 1 is 0.844 bits per heavy atom. The summed E-state index contributed by atoms with van der Waals surface area (Å²) < 4.78 is 61.6. The van der Waals surface area contributed by atoms with Gasteiger partial charge in [-0.2, -0.15) is 13.2 Å². The molecule has 0 aromatic rings. The second kappa shape index (κ2) is 14.7. The monoisotopic (exact) mass is 472 g/mol. The Balaban J connectivity index is 0.000000543. The molecule has 0 radical (unpaired) electrons. The zero-order chi connectivity index (χ0) is 25.1. The molecule has 32 heavy (non-hydrogen) atoms. The van der Waals surface area contributed by atoms with Crippen molar-refractivity contribution >= 4 is 0 Å². The van der Waals surface area contributed by atoms with E-state index in [1.54, 1.807) is 4.90 Å². The Morgan fingerprint density at radius 2 is 1.34 bits per heavy atom. The summed E-state index contributed by atoms with van der Waals surface area (Å²) in [6.07, 6.45) is 0.307. The lowest BCUT2D eigenvalue weighted by Crippen LogP contribution is -2.50. The molecule has 0 N–H and O–H groups in total. The fourth-order valence-corrected chi connectivity index (χ4v) is 5.10. The standard InChI is InChI=1S/C12H22F3N.C10H19F2N.C3H8/c1-9-10(11(2,3)4)6-5-7-16(9)8-12(13,14)15;1-3-9-5-4-6-13(8(9)2)7-10(11)12;1-3-2/h9-10H,5-8H2,1-4H3;8-10H,3-7H2,1-2H3;3H2,1-2H3. The summed E-state index contributed by atoms with van der Waals surface area (Å²) >= 11 is 0. The van der Waals surface area contributed by atoms with Gasteiger partial charge in [0.2, 0.25) is 0 Å². The molecule has 4 atom stereocenters. The number of alkyl halides is 5. The van der Waals surface area contributed by atoms with Gasteiger partial charge in [0.05, 0.1) is 13.1 Å². The van der Waals surface area contributed by atoms with E-state index in [-0.39, 0.29) is 18.0 Å². The molecule has 0 saturated carbocycles. The summed E-state index contributed by atoms with van der Waals surface area (Å²) in [6, 6.07) is 0.364. The van der Waals surface area contributed by atoms with Crippen LogP contribution in [0, 0.1) is 17.3 Å². The molecule has 194 valence electrons. The van der Waals surface area contributed by atoms with Gasteiger partial charge in [-0.15, -0.1) is 0 Å². The minimum absolute atomic E-state index is 0.0235. The van der Waals surface area contributed by atoms with Crippen molar-refractivity contribution in [1.29, 1.82) is 0 Å². The summed E-state index contributed by atoms with van der Waals surface area (Å²) in [6.45, 7) is 17.4. The van der Waals surface area contributed by atoms with Gasteiger partial charge in [-0.25, -0.2) is 8.78 Å². The molecule has 0 aromatic carbocycles. The van der Waals surface area contributed by atoms with E-state index in [1.165, 1.54) is 12.8 Å². The molecule has 2 aliphatic rings. The Morgan fingerprint density at radius 3 is 1.78 bits per heavy atom. The summed E-state index contributed by atoms with van der Waals surface area (Å²) in [5, 5.41) is 0. The number of nitrogens with zero attached hydrogens (tertiary/aromatic N) is 2. The lowest BCUT2D eigenvalue weighted by atomic mass is 9.72. The van der Waals surface area contributed by atoms with Crippen molar-refractivity contribution in [3.63, 3.8) is 0 Å². The van der Waals surface area contributed by atoms with Gasteiger partial charge in [0.1, 0.15) is 0 Å². The lowest BCUT2D eigenvalue weighted by molar-refractivity contribution is -0.158. The van der Waals surface area contributed by atoms with Crippen LogP contribution in [0.2, 0.25) is 0 Å². The molecule has 2 saturated heterocycles. The van der Waals surface area contributed by atoms with Crippen molar-refractivity contribution in [2.24, 2.45) is 17.3 Å². The van der Waals surface area contributed by atoms with Crippen LogP contribution >= 0.6 is 0 Å². The molecule has 2 heterocycles. The number of piperidine rings is 2. The second-order valence-electron chi connectivity index (χ2n) is 10.6. The van der Waals surface area contributed by atoms with Crippen LogP contribution < -0.4 is 0 Å². The van der Waals surface area contributed by atoms with Gasteiger partial charge >= 0.3 is 6.18 Å². The molecule has 0 aliphatic carbocycles. The van der Waals surface area contributed by atoms with E-state index in [0.29, 0.717) is 24.4 Å². The molecule has 4 unspecified atom stereocenters. The van der Waals surface area contributed by atoms with Gasteiger partial charge in [0.15, 0.2) is 0 Å². The number of hydrogen-bond donors (Lipinski definition) is 0. The van der Waals surface area contributed by atoms with Crippen LogP contribution in [0.25, 0.3) is 0 Å².